The number of carbonyl (C=O) groups excluding carboxylic acids is 1. The summed E-state index contributed by atoms with van der Waals surface area (Å²) >= 11 is 5.78. The van der Waals surface area contributed by atoms with Gasteiger partial charge in [0.2, 0.25) is 5.91 Å². The van der Waals surface area contributed by atoms with Gasteiger partial charge in [0.05, 0.1) is 12.5 Å². The summed E-state index contributed by atoms with van der Waals surface area (Å²) in [6, 6.07) is 7.10. The van der Waals surface area contributed by atoms with Crippen molar-refractivity contribution in [2.24, 2.45) is 5.92 Å². The van der Waals surface area contributed by atoms with Crippen molar-refractivity contribution >= 4 is 17.5 Å². The topological polar surface area (TPSA) is 69.6 Å². The molecule has 0 aromatic heterocycles. The van der Waals surface area contributed by atoms with Crippen molar-refractivity contribution in [1.29, 1.82) is 0 Å². The third kappa shape index (κ3) is 3.93. The van der Waals surface area contributed by atoms with Crippen molar-refractivity contribution in [3.05, 3.63) is 34.9 Å². The van der Waals surface area contributed by atoms with E-state index in [4.69, 9.17) is 16.7 Å². The fraction of sp³-hybridized carbons (Fsp3) is 0.500. The van der Waals surface area contributed by atoms with E-state index in [1.54, 1.807) is 12.1 Å². The first-order chi connectivity index (χ1) is 9.08. The van der Waals surface area contributed by atoms with Crippen molar-refractivity contribution < 1.29 is 15.0 Å². The Hall–Kier alpha value is -1.10. The Bertz CT molecular complexity index is 435. The SMILES string of the molecule is O=C(Cc1ccc(Cl)cc1)N[C@H]1C[C@@H](CO)[C@H](O)C1. The predicted molar refractivity (Wildman–Crippen MR) is 72.9 cm³/mol. The molecule has 1 saturated carbocycles. The van der Waals surface area contributed by atoms with Crippen molar-refractivity contribution in [2.75, 3.05) is 6.61 Å². The number of hydrogen-bond donors (Lipinski definition) is 3. The molecule has 0 saturated heterocycles. The maximum absolute atomic E-state index is 11.9. The van der Waals surface area contributed by atoms with Crippen LogP contribution in [0.1, 0.15) is 18.4 Å². The largest absolute Gasteiger partial charge is 0.396 e. The Labute approximate surface area is 117 Å². The van der Waals surface area contributed by atoms with E-state index in [2.05, 4.69) is 5.32 Å². The van der Waals surface area contributed by atoms with Gasteiger partial charge in [0.15, 0.2) is 0 Å². The van der Waals surface area contributed by atoms with Gasteiger partial charge in [0.1, 0.15) is 0 Å². The zero-order valence-electron chi connectivity index (χ0n) is 10.6. The molecule has 0 heterocycles. The summed E-state index contributed by atoms with van der Waals surface area (Å²) in [7, 11) is 0. The van der Waals surface area contributed by atoms with Crippen LogP contribution in [-0.4, -0.2) is 34.9 Å². The third-order valence-electron chi connectivity index (χ3n) is 3.53. The molecule has 0 bridgehead atoms. The Morgan fingerprint density at radius 2 is 2.00 bits per heavy atom. The van der Waals surface area contributed by atoms with E-state index in [9.17, 15) is 9.90 Å². The zero-order valence-corrected chi connectivity index (χ0v) is 11.3. The van der Waals surface area contributed by atoms with Crippen LogP contribution in [0.3, 0.4) is 0 Å². The van der Waals surface area contributed by atoms with Gasteiger partial charge in [-0.05, 0) is 30.5 Å². The summed E-state index contributed by atoms with van der Waals surface area (Å²) in [4.78, 5) is 11.9. The van der Waals surface area contributed by atoms with Crippen molar-refractivity contribution in [3.8, 4) is 0 Å². The highest BCUT2D eigenvalue weighted by atomic mass is 35.5. The second-order valence-electron chi connectivity index (χ2n) is 5.05. The Morgan fingerprint density at radius 3 is 2.58 bits per heavy atom. The molecule has 5 heteroatoms. The van der Waals surface area contributed by atoms with E-state index < -0.39 is 6.10 Å². The highest BCUT2D eigenvalue weighted by Gasteiger charge is 2.33. The van der Waals surface area contributed by atoms with Gasteiger partial charge in [-0.1, -0.05) is 23.7 Å². The van der Waals surface area contributed by atoms with Gasteiger partial charge in [-0.3, -0.25) is 4.79 Å². The van der Waals surface area contributed by atoms with Gasteiger partial charge in [-0.15, -0.1) is 0 Å². The van der Waals surface area contributed by atoms with Gasteiger partial charge in [0, 0.05) is 23.6 Å². The molecule has 2 rings (SSSR count). The molecule has 3 atom stereocenters. The monoisotopic (exact) mass is 283 g/mol. The Balaban J connectivity index is 1.83. The van der Waals surface area contributed by atoms with Gasteiger partial charge < -0.3 is 15.5 Å². The standard InChI is InChI=1S/C14H18ClNO3/c15-11-3-1-9(2-4-11)5-14(19)16-12-6-10(8-17)13(18)7-12/h1-4,10,12-13,17-18H,5-8H2,(H,16,19)/t10-,12-,13+/m0/s1. The molecule has 0 radical (unpaired) electrons. The van der Waals surface area contributed by atoms with E-state index in [0.29, 0.717) is 24.3 Å². The van der Waals surface area contributed by atoms with Crippen molar-refractivity contribution in [3.63, 3.8) is 0 Å². The number of amides is 1. The van der Waals surface area contributed by atoms with E-state index in [1.165, 1.54) is 0 Å². The lowest BCUT2D eigenvalue weighted by Gasteiger charge is -2.12. The summed E-state index contributed by atoms with van der Waals surface area (Å²) in [5, 5.41) is 22.3. The first kappa shape index (κ1) is 14.3. The fourth-order valence-corrected chi connectivity index (χ4v) is 2.61. The number of nitrogens with one attached hydrogen (secondary N) is 1. The number of hydrogen-bond acceptors (Lipinski definition) is 3. The van der Waals surface area contributed by atoms with Crippen LogP contribution >= 0.6 is 11.6 Å². The van der Waals surface area contributed by atoms with Crippen LogP contribution in [0.15, 0.2) is 24.3 Å². The molecule has 0 unspecified atom stereocenters. The van der Waals surface area contributed by atoms with Crippen LogP contribution in [0.25, 0.3) is 0 Å². The molecule has 4 nitrogen and oxygen atoms in total. The van der Waals surface area contributed by atoms with Gasteiger partial charge >= 0.3 is 0 Å². The van der Waals surface area contributed by atoms with Crippen molar-refractivity contribution in [1.82, 2.24) is 5.32 Å². The van der Waals surface area contributed by atoms with E-state index in [-0.39, 0.29) is 24.5 Å². The minimum atomic E-state index is -0.522. The maximum atomic E-state index is 11.9. The summed E-state index contributed by atoms with van der Waals surface area (Å²) in [5.74, 6) is -0.195. The van der Waals surface area contributed by atoms with E-state index >= 15 is 0 Å². The minimum absolute atomic E-state index is 0.0370. The summed E-state index contributed by atoms with van der Waals surface area (Å²) in [5.41, 5.74) is 0.902. The third-order valence-corrected chi connectivity index (χ3v) is 3.79. The summed E-state index contributed by atoms with van der Waals surface area (Å²) in [6.07, 6.45) is 0.917. The average Bonchev–Trinajstić information content (AvgIpc) is 2.72. The fourth-order valence-electron chi connectivity index (χ4n) is 2.48. The lowest BCUT2D eigenvalue weighted by Crippen LogP contribution is -2.34. The van der Waals surface area contributed by atoms with Crippen LogP contribution < -0.4 is 5.32 Å². The normalized spacial score (nSPS) is 26.4. The highest BCUT2D eigenvalue weighted by Crippen LogP contribution is 2.25. The number of rotatable bonds is 4. The molecule has 19 heavy (non-hydrogen) atoms. The first-order valence-electron chi connectivity index (χ1n) is 6.41. The number of aliphatic hydroxyl groups is 2. The number of carbonyl (C=O) groups is 1. The molecule has 1 fully saturated rings. The summed E-state index contributed by atoms with van der Waals surface area (Å²) in [6.45, 7) is -0.0370. The zero-order chi connectivity index (χ0) is 13.8. The van der Waals surface area contributed by atoms with Crippen LogP contribution in [-0.2, 0) is 11.2 Å². The molecule has 1 aromatic carbocycles. The Morgan fingerprint density at radius 1 is 1.32 bits per heavy atom. The highest BCUT2D eigenvalue weighted by molar-refractivity contribution is 6.30. The van der Waals surface area contributed by atoms with E-state index in [1.807, 2.05) is 12.1 Å². The second-order valence-corrected chi connectivity index (χ2v) is 5.49. The maximum Gasteiger partial charge on any atom is 0.224 e. The van der Waals surface area contributed by atoms with Crippen molar-refractivity contribution in [2.45, 2.75) is 31.4 Å². The van der Waals surface area contributed by atoms with Crippen LogP contribution in [0.4, 0.5) is 0 Å². The number of benzene rings is 1. The molecular formula is C14H18ClNO3. The molecular weight excluding hydrogens is 266 g/mol. The lowest BCUT2D eigenvalue weighted by atomic mass is 10.1. The molecule has 0 aliphatic heterocycles. The second kappa shape index (κ2) is 6.37. The van der Waals surface area contributed by atoms with Gasteiger partial charge in [-0.2, -0.15) is 0 Å². The van der Waals surface area contributed by atoms with Crippen LogP contribution in [0, 0.1) is 5.92 Å². The predicted octanol–water partition coefficient (Wildman–Crippen LogP) is 1.13. The molecule has 3 N–H and O–H groups in total. The number of aliphatic hydroxyl groups excluding tert-OH is 2. The van der Waals surface area contributed by atoms with Crippen LogP contribution in [0.2, 0.25) is 5.02 Å². The smallest absolute Gasteiger partial charge is 0.224 e. The quantitative estimate of drug-likeness (QED) is 0.776. The average molecular weight is 284 g/mol. The molecule has 104 valence electrons. The summed E-state index contributed by atoms with van der Waals surface area (Å²) < 4.78 is 0. The molecule has 1 aliphatic rings. The van der Waals surface area contributed by atoms with Gasteiger partial charge in [-0.25, -0.2) is 0 Å². The number of halogens is 1. The van der Waals surface area contributed by atoms with Crippen LogP contribution in [0.5, 0.6) is 0 Å². The molecule has 1 aromatic rings. The molecule has 1 amide bonds. The Kier molecular flexibility index (Phi) is 4.80. The van der Waals surface area contributed by atoms with Gasteiger partial charge in [0.25, 0.3) is 0 Å². The minimum Gasteiger partial charge on any atom is -0.396 e. The van der Waals surface area contributed by atoms with E-state index in [0.717, 1.165) is 5.56 Å². The molecule has 0 spiro atoms. The lowest BCUT2D eigenvalue weighted by molar-refractivity contribution is -0.121. The first-order valence-corrected chi connectivity index (χ1v) is 6.79. The molecule has 1 aliphatic carbocycles.